The van der Waals surface area contributed by atoms with E-state index in [2.05, 4.69) is 0 Å². The first-order valence-electron chi connectivity index (χ1n) is 9.60. The Morgan fingerprint density at radius 1 is 1.12 bits per heavy atom. The zero-order chi connectivity index (χ0) is 24.7. The number of carbonyl (C=O) groups is 2. The molecule has 3 fully saturated rings. The lowest BCUT2D eigenvalue weighted by atomic mass is 9.72. The van der Waals surface area contributed by atoms with Crippen LogP contribution < -0.4 is 0 Å². The zero-order valence-electron chi connectivity index (χ0n) is 16.6. The van der Waals surface area contributed by atoms with Gasteiger partial charge in [-0.3, -0.25) is 9.59 Å². The highest BCUT2D eigenvalue weighted by molar-refractivity contribution is 5.83. The lowest BCUT2D eigenvalue weighted by molar-refractivity contribution is -0.375. The number of carbonyl (C=O) groups excluding carboxylic acids is 2. The van der Waals surface area contributed by atoms with Crippen LogP contribution in [0.5, 0.6) is 0 Å². The monoisotopic (exact) mass is 486 g/mol. The Labute approximate surface area is 175 Å². The standard InChI is InChI=1S/C18H19F9O5/c1-3-13(2,6-15(30,17(22,23)24)18(25,26)27)11(28)31-9-7-4-8-10(9)32-12(29)14(8,5-7)16(19,20)21/h7-10,30H,3-6H2,1-2H3. The van der Waals surface area contributed by atoms with Gasteiger partial charge in [0.2, 0.25) is 0 Å². The average molecular weight is 486 g/mol. The molecule has 1 heterocycles. The smallest absolute Gasteiger partial charge is 0.426 e. The van der Waals surface area contributed by atoms with Crippen LogP contribution in [0.25, 0.3) is 0 Å². The minimum absolute atomic E-state index is 0.203. The molecule has 5 nitrogen and oxygen atoms in total. The molecule has 2 saturated carbocycles. The molecule has 3 rings (SSSR count). The zero-order valence-corrected chi connectivity index (χ0v) is 16.6. The Morgan fingerprint density at radius 2 is 1.66 bits per heavy atom. The van der Waals surface area contributed by atoms with Gasteiger partial charge in [-0.2, -0.15) is 39.5 Å². The molecule has 14 heteroatoms. The van der Waals surface area contributed by atoms with Crippen LogP contribution in [0.2, 0.25) is 0 Å². The third kappa shape index (κ3) is 3.18. The number of fused-ring (bicyclic) bond motifs is 1. The van der Waals surface area contributed by atoms with E-state index in [4.69, 9.17) is 9.47 Å². The third-order valence-corrected chi connectivity index (χ3v) is 7.17. The van der Waals surface area contributed by atoms with Crippen molar-refractivity contribution in [3.8, 4) is 0 Å². The minimum atomic E-state index is -6.16. The maximum absolute atomic E-state index is 13.5. The van der Waals surface area contributed by atoms with Gasteiger partial charge < -0.3 is 14.6 Å². The fraction of sp³-hybridized carbons (Fsp3) is 0.889. The molecule has 2 bridgehead atoms. The summed E-state index contributed by atoms with van der Waals surface area (Å²) < 4.78 is 129. The maximum atomic E-state index is 13.5. The Kier molecular flexibility index (Phi) is 5.36. The quantitative estimate of drug-likeness (QED) is 0.469. The van der Waals surface area contributed by atoms with E-state index in [1.807, 2.05) is 0 Å². The van der Waals surface area contributed by atoms with Crippen molar-refractivity contribution in [2.45, 2.75) is 75.9 Å². The first-order chi connectivity index (χ1) is 14.2. The van der Waals surface area contributed by atoms with Crippen molar-refractivity contribution in [2.24, 2.45) is 22.7 Å². The lowest BCUT2D eigenvalue weighted by Gasteiger charge is -2.39. The molecule has 32 heavy (non-hydrogen) atoms. The molecular formula is C18H19F9O5. The molecular weight excluding hydrogens is 467 g/mol. The van der Waals surface area contributed by atoms with Crippen LogP contribution in [0, 0.1) is 22.7 Å². The number of hydrogen-bond acceptors (Lipinski definition) is 5. The van der Waals surface area contributed by atoms with Gasteiger partial charge in [0.1, 0.15) is 12.2 Å². The van der Waals surface area contributed by atoms with Crippen LogP contribution in [-0.2, 0) is 19.1 Å². The van der Waals surface area contributed by atoms with Gasteiger partial charge in [-0.25, -0.2) is 0 Å². The molecule has 0 aromatic rings. The van der Waals surface area contributed by atoms with Crippen molar-refractivity contribution in [3.05, 3.63) is 0 Å². The fourth-order valence-corrected chi connectivity index (χ4v) is 5.09. The molecule has 1 aliphatic heterocycles. The first kappa shape index (κ1) is 24.9. The summed E-state index contributed by atoms with van der Waals surface area (Å²) in [5, 5.41) is 9.48. The summed E-state index contributed by atoms with van der Waals surface area (Å²) in [6.07, 6.45) is -23.9. The molecule has 0 amide bonds. The van der Waals surface area contributed by atoms with Gasteiger partial charge in [0.15, 0.2) is 5.41 Å². The van der Waals surface area contributed by atoms with E-state index in [-0.39, 0.29) is 6.42 Å². The Hall–Kier alpha value is -1.73. The van der Waals surface area contributed by atoms with Crippen molar-refractivity contribution in [1.82, 2.24) is 0 Å². The molecule has 6 atom stereocenters. The van der Waals surface area contributed by atoms with Gasteiger partial charge in [0, 0.05) is 18.3 Å². The van der Waals surface area contributed by atoms with E-state index in [0.717, 1.165) is 13.8 Å². The summed E-state index contributed by atoms with van der Waals surface area (Å²) >= 11 is 0. The summed E-state index contributed by atoms with van der Waals surface area (Å²) in [7, 11) is 0. The number of hydrogen-bond donors (Lipinski definition) is 1. The number of aliphatic hydroxyl groups is 1. The molecule has 0 aromatic heterocycles. The number of halogens is 9. The van der Waals surface area contributed by atoms with Crippen LogP contribution in [-0.4, -0.2) is 53.4 Å². The van der Waals surface area contributed by atoms with Crippen molar-refractivity contribution in [3.63, 3.8) is 0 Å². The normalized spacial score (nSPS) is 34.4. The minimum Gasteiger partial charge on any atom is -0.458 e. The molecule has 1 N–H and O–H groups in total. The molecule has 184 valence electrons. The molecule has 1 saturated heterocycles. The van der Waals surface area contributed by atoms with Crippen molar-refractivity contribution in [1.29, 1.82) is 0 Å². The summed E-state index contributed by atoms with van der Waals surface area (Å²) in [5.74, 6) is -5.48. The number of rotatable bonds is 5. The average Bonchev–Trinajstić information content (AvgIpc) is 3.21. The maximum Gasteiger partial charge on any atom is 0.426 e. The second-order valence-electron chi connectivity index (χ2n) is 8.96. The van der Waals surface area contributed by atoms with Gasteiger partial charge in [-0.1, -0.05) is 6.92 Å². The van der Waals surface area contributed by atoms with E-state index in [0.29, 0.717) is 0 Å². The van der Waals surface area contributed by atoms with Gasteiger partial charge in [-0.15, -0.1) is 0 Å². The fourth-order valence-electron chi connectivity index (χ4n) is 5.09. The molecule has 6 unspecified atom stereocenters. The third-order valence-electron chi connectivity index (χ3n) is 7.17. The summed E-state index contributed by atoms with van der Waals surface area (Å²) in [6.45, 7) is 1.82. The largest absolute Gasteiger partial charge is 0.458 e. The highest BCUT2D eigenvalue weighted by atomic mass is 19.4. The van der Waals surface area contributed by atoms with Crippen molar-refractivity contribution in [2.75, 3.05) is 0 Å². The van der Waals surface area contributed by atoms with Crippen LogP contribution in [0.15, 0.2) is 0 Å². The molecule has 0 aromatic carbocycles. The van der Waals surface area contributed by atoms with Crippen LogP contribution in [0.4, 0.5) is 39.5 Å². The Balaban J connectivity index is 1.84. The van der Waals surface area contributed by atoms with Gasteiger partial charge in [-0.05, 0) is 26.2 Å². The second-order valence-corrected chi connectivity index (χ2v) is 8.96. The van der Waals surface area contributed by atoms with Crippen molar-refractivity contribution < 1.29 is 63.7 Å². The second kappa shape index (κ2) is 6.89. The van der Waals surface area contributed by atoms with Crippen LogP contribution in [0.3, 0.4) is 0 Å². The van der Waals surface area contributed by atoms with E-state index >= 15 is 0 Å². The predicted molar refractivity (Wildman–Crippen MR) is 84.5 cm³/mol. The van der Waals surface area contributed by atoms with Crippen LogP contribution in [0.1, 0.15) is 39.5 Å². The molecule has 2 aliphatic carbocycles. The summed E-state index contributed by atoms with van der Waals surface area (Å²) in [4.78, 5) is 24.7. The first-order valence-corrected chi connectivity index (χ1v) is 9.60. The number of esters is 2. The molecule has 0 radical (unpaired) electrons. The number of alkyl halides is 9. The SMILES string of the molecule is CCC(C)(CC(O)(C(F)(F)F)C(F)(F)F)C(=O)OC1C2CC3C1OC(=O)C3(C(F)(F)F)C2. The molecule has 3 aliphatic rings. The summed E-state index contributed by atoms with van der Waals surface area (Å²) in [6, 6.07) is 0. The number of ether oxygens (including phenoxy) is 2. The van der Waals surface area contributed by atoms with E-state index in [1.165, 1.54) is 0 Å². The van der Waals surface area contributed by atoms with E-state index in [9.17, 15) is 54.2 Å². The van der Waals surface area contributed by atoms with E-state index in [1.54, 1.807) is 0 Å². The highest BCUT2D eigenvalue weighted by Crippen LogP contribution is 2.68. The predicted octanol–water partition coefficient (Wildman–Crippen LogP) is 4.07. The Morgan fingerprint density at radius 3 is 2.09 bits per heavy atom. The van der Waals surface area contributed by atoms with Gasteiger partial charge >= 0.3 is 30.5 Å². The highest BCUT2D eigenvalue weighted by Gasteiger charge is 2.80. The van der Waals surface area contributed by atoms with Crippen LogP contribution >= 0.6 is 0 Å². The van der Waals surface area contributed by atoms with E-state index < -0.39 is 90.2 Å². The molecule has 0 spiro atoms. The summed E-state index contributed by atoms with van der Waals surface area (Å²) in [5.41, 5.74) is -10.5. The van der Waals surface area contributed by atoms with Crippen molar-refractivity contribution >= 4 is 11.9 Å². The Bertz CT molecular complexity index is 790. The topological polar surface area (TPSA) is 72.8 Å². The van der Waals surface area contributed by atoms with Gasteiger partial charge in [0.05, 0.1) is 5.41 Å². The lowest BCUT2D eigenvalue weighted by Crippen LogP contribution is -2.60. The van der Waals surface area contributed by atoms with Gasteiger partial charge in [0.25, 0.3) is 5.60 Å².